The van der Waals surface area contributed by atoms with Crippen molar-refractivity contribution in [3.63, 3.8) is 0 Å². The zero-order chi connectivity index (χ0) is 25.1. The third-order valence-corrected chi connectivity index (χ3v) is 7.19. The number of nitrogens with zero attached hydrogens (tertiary/aromatic N) is 4. The summed E-state index contributed by atoms with van der Waals surface area (Å²) in [7, 11) is 0. The molecule has 0 aliphatic heterocycles. The van der Waals surface area contributed by atoms with Crippen LogP contribution in [-0.2, 0) is 0 Å². The van der Waals surface area contributed by atoms with E-state index < -0.39 is 0 Å². The second-order valence-electron chi connectivity index (χ2n) is 8.07. The molecule has 0 unspecified atom stereocenters. The van der Waals surface area contributed by atoms with E-state index in [1.54, 1.807) is 30.3 Å². The summed E-state index contributed by atoms with van der Waals surface area (Å²) in [6.07, 6.45) is 3.36. The zero-order valence-corrected chi connectivity index (χ0v) is 20.9. The third kappa shape index (κ3) is 4.51. The molecule has 0 radical (unpaired) electrons. The van der Waals surface area contributed by atoms with Crippen LogP contribution in [0.3, 0.4) is 0 Å². The van der Waals surface area contributed by atoms with Gasteiger partial charge in [0.2, 0.25) is 0 Å². The Labute approximate surface area is 208 Å². The summed E-state index contributed by atoms with van der Waals surface area (Å²) in [5, 5.41) is 13.8. The summed E-state index contributed by atoms with van der Waals surface area (Å²) in [5.41, 5.74) is 4.50. The number of fused-ring (bicyclic) bond motifs is 1. The van der Waals surface area contributed by atoms with Crippen LogP contribution in [0.4, 0.5) is 5.00 Å². The number of rotatable bonds is 6. The number of carbonyl (C=O) groups is 2. The van der Waals surface area contributed by atoms with Gasteiger partial charge in [0, 0.05) is 36.4 Å². The van der Waals surface area contributed by atoms with E-state index in [0.717, 1.165) is 28.0 Å². The van der Waals surface area contributed by atoms with E-state index in [1.165, 1.54) is 0 Å². The molecule has 0 aliphatic carbocycles. The normalized spacial score (nSPS) is 10.7. The van der Waals surface area contributed by atoms with Crippen LogP contribution in [0.25, 0.3) is 22.2 Å². The molecule has 176 valence electrons. The number of anilines is 1. The number of para-hydroxylation sites is 1. The van der Waals surface area contributed by atoms with E-state index in [4.69, 9.17) is 4.98 Å². The Kier molecular flexibility index (Phi) is 6.90. The van der Waals surface area contributed by atoms with E-state index in [0.29, 0.717) is 50.7 Å². The monoisotopic (exact) mass is 483 g/mol. The van der Waals surface area contributed by atoms with Crippen molar-refractivity contribution >= 4 is 39.1 Å². The zero-order valence-electron chi connectivity index (χ0n) is 20.0. The van der Waals surface area contributed by atoms with Gasteiger partial charge < -0.3 is 10.2 Å². The molecule has 4 rings (SSSR count). The highest BCUT2D eigenvalue weighted by Gasteiger charge is 2.25. The van der Waals surface area contributed by atoms with E-state index in [-0.39, 0.29) is 11.8 Å². The van der Waals surface area contributed by atoms with Crippen molar-refractivity contribution in [1.82, 2.24) is 14.9 Å². The molecule has 0 aliphatic rings. The number of carbonyl (C=O) groups excluding carboxylic acids is 2. The number of amides is 2. The minimum atomic E-state index is -0.363. The fraction of sp³-hybridized carbons (Fsp3) is 0.222. The minimum Gasteiger partial charge on any atom is -0.338 e. The van der Waals surface area contributed by atoms with Crippen LogP contribution in [0.1, 0.15) is 50.6 Å². The lowest BCUT2D eigenvalue weighted by Gasteiger charge is -2.17. The Hall–Kier alpha value is -4.09. The highest BCUT2D eigenvalue weighted by molar-refractivity contribution is 7.18. The highest BCUT2D eigenvalue weighted by Crippen LogP contribution is 2.34. The van der Waals surface area contributed by atoms with Crippen molar-refractivity contribution in [2.45, 2.75) is 27.7 Å². The van der Waals surface area contributed by atoms with Gasteiger partial charge in [0.15, 0.2) is 0 Å². The van der Waals surface area contributed by atoms with E-state index >= 15 is 0 Å². The Morgan fingerprint density at radius 2 is 1.83 bits per heavy atom. The molecule has 1 N–H and O–H groups in total. The van der Waals surface area contributed by atoms with Crippen LogP contribution >= 0.6 is 11.3 Å². The van der Waals surface area contributed by atoms with Gasteiger partial charge in [-0.2, -0.15) is 5.26 Å². The van der Waals surface area contributed by atoms with Gasteiger partial charge in [0.05, 0.1) is 27.2 Å². The fourth-order valence-corrected chi connectivity index (χ4v) is 5.14. The van der Waals surface area contributed by atoms with Crippen molar-refractivity contribution in [2.24, 2.45) is 0 Å². The first-order valence-corrected chi connectivity index (χ1v) is 12.2. The summed E-state index contributed by atoms with van der Waals surface area (Å²) in [4.78, 5) is 37.6. The van der Waals surface area contributed by atoms with Crippen molar-refractivity contribution in [1.29, 1.82) is 5.26 Å². The van der Waals surface area contributed by atoms with Crippen LogP contribution in [0.5, 0.6) is 0 Å². The molecular weight excluding hydrogens is 458 g/mol. The molecule has 0 fully saturated rings. The molecule has 7 nitrogen and oxygen atoms in total. The molecule has 0 spiro atoms. The second kappa shape index (κ2) is 10.0. The average Bonchev–Trinajstić information content (AvgIpc) is 3.19. The topological polar surface area (TPSA) is 99.0 Å². The van der Waals surface area contributed by atoms with Crippen molar-refractivity contribution in [2.75, 3.05) is 18.4 Å². The van der Waals surface area contributed by atoms with Crippen LogP contribution < -0.4 is 5.32 Å². The smallest absolute Gasteiger partial charge is 0.264 e. The maximum atomic E-state index is 13.6. The first-order valence-electron chi connectivity index (χ1n) is 11.3. The van der Waals surface area contributed by atoms with E-state index in [9.17, 15) is 14.9 Å². The summed E-state index contributed by atoms with van der Waals surface area (Å²) >= 11 is 1.14. The molecule has 0 saturated heterocycles. The van der Waals surface area contributed by atoms with Gasteiger partial charge >= 0.3 is 0 Å². The Balaban J connectivity index is 1.80. The number of aryl methyl sites for hydroxylation is 1. The number of aromatic nitrogens is 2. The molecule has 2 amide bonds. The lowest BCUT2D eigenvalue weighted by Crippen LogP contribution is -2.30. The Morgan fingerprint density at radius 1 is 1.11 bits per heavy atom. The molecule has 1 aromatic carbocycles. The van der Waals surface area contributed by atoms with Crippen LogP contribution in [-0.4, -0.2) is 39.8 Å². The van der Waals surface area contributed by atoms with Crippen LogP contribution in [0.2, 0.25) is 0 Å². The Morgan fingerprint density at radius 3 is 2.49 bits per heavy atom. The number of benzene rings is 1. The molecular formula is C27H25N5O2S. The number of pyridine rings is 2. The van der Waals surface area contributed by atoms with Gasteiger partial charge in [-0.3, -0.25) is 14.6 Å². The molecule has 8 heteroatoms. The fourth-order valence-electron chi connectivity index (χ4n) is 4.02. The molecule has 3 aromatic heterocycles. The largest absolute Gasteiger partial charge is 0.338 e. The van der Waals surface area contributed by atoms with Gasteiger partial charge in [0.1, 0.15) is 11.1 Å². The van der Waals surface area contributed by atoms with Gasteiger partial charge in [-0.1, -0.05) is 18.2 Å². The predicted octanol–water partition coefficient (Wildman–Crippen LogP) is 5.58. The standard InChI is InChI=1S/C27H25N5O2S/c1-5-32(6-2)27(34)24-17(4)21(15-28)26(35-24)31-25(33)20-14-22(18-10-12-29-13-11-18)30-23-16(3)8-7-9-19(20)23/h7-14H,5-6H2,1-4H3,(H,31,33). The van der Waals surface area contributed by atoms with Crippen molar-refractivity contribution in [3.8, 4) is 17.3 Å². The maximum Gasteiger partial charge on any atom is 0.264 e. The molecule has 0 bridgehead atoms. The second-order valence-corrected chi connectivity index (χ2v) is 9.09. The molecule has 4 aromatic rings. The lowest BCUT2D eigenvalue weighted by molar-refractivity contribution is 0.0777. The average molecular weight is 484 g/mol. The number of thiophene rings is 1. The first-order chi connectivity index (χ1) is 16.9. The lowest BCUT2D eigenvalue weighted by atomic mass is 10.0. The van der Waals surface area contributed by atoms with E-state index in [2.05, 4.69) is 16.4 Å². The quantitative estimate of drug-likeness (QED) is 0.386. The molecule has 0 saturated carbocycles. The molecule has 3 heterocycles. The predicted molar refractivity (Wildman–Crippen MR) is 139 cm³/mol. The summed E-state index contributed by atoms with van der Waals surface area (Å²) in [6, 6.07) is 13.3. The number of nitriles is 1. The molecule has 0 atom stereocenters. The number of nitrogens with one attached hydrogen (secondary N) is 1. The summed E-state index contributed by atoms with van der Waals surface area (Å²) in [5.74, 6) is -0.502. The summed E-state index contributed by atoms with van der Waals surface area (Å²) in [6.45, 7) is 8.65. The first kappa shape index (κ1) is 24.0. The highest BCUT2D eigenvalue weighted by atomic mass is 32.1. The molecule has 35 heavy (non-hydrogen) atoms. The van der Waals surface area contributed by atoms with Crippen molar-refractivity contribution < 1.29 is 9.59 Å². The van der Waals surface area contributed by atoms with Gasteiger partial charge in [-0.15, -0.1) is 11.3 Å². The van der Waals surface area contributed by atoms with Crippen LogP contribution in [0, 0.1) is 25.2 Å². The number of hydrogen-bond donors (Lipinski definition) is 1. The Bertz CT molecular complexity index is 1470. The minimum absolute atomic E-state index is 0.139. The van der Waals surface area contributed by atoms with Gasteiger partial charge in [-0.05, 0) is 57.0 Å². The van der Waals surface area contributed by atoms with Gasteiger partial charge in [-0.25, -0.2) is 4.98 Å². The third-order valence-electron chi connectivity index (χ3n) is 5.99. The summed E-state index contributed by atoms with van der Waals surface area (Å²) < 4.78 is 0. The van der Waals surface area contributed by atoms with Gasteiger partial charge in [0.25, 0.3) is 11.8 Å². The van der Waals surface area contributed by atoms with Crippen LogP contribution in [0.15, 0.2) is 48.8 Å². The van der Waals surface area contributed by atoms with E-state index in [1.807, 2.05) is 51.1 Å². The maximum absolute atomic E-state index is 13.6. The number of hydrogen-bond acceptors (Lipinski definition) is 6. The SMILES string of the molecule is CCN(CC)C(=O)c1sc(NC(=O)c2cc(-c3ccncc3)nc3c(C)cccc23)c(C#N)c1C. The van der Waals surface area contributed by atoms with Crippen molar-refractivity contribution in [3.05, 3.63) is 75.9 Å².